The lowest BCUT2D eigenvalue weighted by Crippen LogP contribution is -3.00. The van der Waals surface area contributed by atoms with Crippen LogP contribution in [-0.4, -0.2) is 64.4 Å². The van der Waals surface area contributed by atoms with E-state index in [1.165, 1.54) is 12.1 Å². The van der Waals surface area contributed by atoms with E-state index >= 15 is 0 Å². The molecule has 146 valence electrons. The summed E-state index contributed by atoms with van der Waals surface area (Å²) < 4.78 is 44.5. The molecule has 0 N–H and O–H groups in total. The van der Waals surface area contributed by atoms with Crippen LogP contribution in [0.15, 0.2) is 34.9 Å². The lowest BCUT2D eigenvalue weighted by atomic mass is 10.1. The predicted octanol–water partition coefficient (Wildman–Crippen LogP) is -0.627. The van der Waals surface area contributed by atoms with Gasteiger partial charge < -0.3 is 16.9 Å². The highest BCUT2D eigenvalue weighted by molar-refractivity contribution is 5.59. The minimum atomic E-state index is -4.33. The molecule has 6 nitrogen and oxygen atoms in total. The number of alkyl halides is 3. The van der Waals surface area contributed by atoms with Gasteiger partial charge in [0.2, 0.25) is 0 Å². The third kappa shape index (κ3) is 3.45. The van der Waals surface area contributed by atoms with E-state index < -0.39 is 11.7 Å². The molecule has 0 radical (unpaired) electrons. The van der Waals surface area contributed by atoms with Crippen molar-refractivity contribution >= 4 is 0 Å². The molecule has 0 aliphatic carbocycles. The monoisotopic (exact) mass is 401 g/mol. The van der Waals surface area contributed by atoms with Crippen LogP contribution < -0.4 is 12.4 Å². The van der Waals surface area contributed by atoms with Crippen molar-refractivity contribution in [2.45, 2.75) is 12.7 Å². The average Bonchev–Trinajstić information content (AvgIpc) is 3.00. The summed E-state index contributed by atoms with van der Waals surface area (Å²) in [6, 6.07) is 6.87. The minimum absolute atomic E-state index is 0. The Bertz CT molecular complexity index is 787. The molecule has 4 aliphatic rings. The molecular weight excluding hydrogens is 383 g/mol. The van der Waals surface area contributed by atoms with E-state index in [0.29, 0.717) is 11.3 Å². The third-order valence-corrected chi connectivity index (χ3v) is 5.26. The molecular formula is C17H19ClF3N5O. The molecule has 5 heterocycles. The standard InChI is InChI=1S/C17H19F3N5O.ClH/c18-17(19,20)14-3-1-13(2-4-14)16-5-15(26-21-16)6-25-10-22-7-23(11-25)9-24(8-22)12-25;/h1-5H,6-12H2;1H/q+1;/p-1. The third-order valence-electron chi connectivity index (χ3n) is 5.26. The van der Waals surface area contributed by atoms with Gasteiger partial charge in [0.25, 0.3) is 0 Å². The topological polar surface area (TPSA) is 35.8 Å². The molecule has 4 bridgehead atoms. The number of hydrogen-bond acceptors (Lipinski definition) is 5. The second-order valence-electron chi connectivity index (χ2n) is 7.61. The number of benzene rings is 1. The van der Waals surface area contributed by atoms with Crippen molar-refractivity contribution in [2.75, 3.05) is 40.0 Å². The summed E-state index contributed by atoms with van der Waals surface area (Å²) >= 11 is 0. The molecule has 10 heteroatoms. The molecule has 27 heavy (non-hydrogen) atoms. The zero-order valence-electron chi connectivity index (χ0n) is 14.5. The van der Waals surface area contributed by atoms with Gasteiger partial charge in [-0.15, -0.1) is 0 Å². The second kappa shape index (κ2) is 6.46. The Hall–Kier alpha value is -1.65. The Morgan fingerprint density at radius 1 is 0.963 bits per heavy atom. The first-order valence-electron chi connectivity index (χ1n) is 8.54. The summed E-state index contributed by atoms with van der Waals surface area (Å²) in [6.07, 6.45) is -4.33. The van der Waals surface area contributed by atoms with Gasteiger partial charge in [-0.1, -0.05) is 17.3 Å². The summed E-state index contributed by atoms with van der Waals surface area (Å²) in [5, 5.41) is 4.07. The van der Waals surface area contributed by atoms with Crippen LogP contribution in [0.5, 0.6) is 0 Å². The smallest absolute Gasteiger partial charge is 0.416 e. The van der Waals surface area contributed by atoms with E-state index in [1.54, 1.807) is 0 Å². The van der Waals surface area contributed by atoms with Crippen LogP contribution in [0.3, 0.4) is 0 Å². The van der Waals surface area contributed by atoms with Gasteiger partial charge in [0, 0.05) is 11.6 Å². The van der Waals surface area contributed by atoms with Crippen molar-refractivity contribution in [3.63, 3.8) is 0 Å². The molecule has 4 aliphatic heterocycles. The van der Waals surface area contributed by atoms with E-state index in [-0.39, 0.29) is 12.4 Å². The predicted molar refractivity (Wildman–Crippen MR) is 85.6 cm³/mol. The van der Waals surface area contributed by atoms with Gasteiger partial charge in [-0.05, 0) is 12.1 Å². The van der Waals surface area contributed by atoms with Crippen molar-refractivity contribution < 1.29 is 34.6 Å². The molecule has 0 atom stereocenters. The Morgan fingerprint density at radius 2 is 1.52 bits per heavy atom. The van der Waals surface area contributed by atoms with Crippen LogP contribution in [0.4, 0.5) is 13.2 Å². The first kappa shape index (κ1) is 18.7. The Morgan fingerprint density at radius 3 is 2.04 bits per heavy atom. The normalized spacial score (nSPS) is 31.7. The number of rotatable bonds is 3. The number of aromatic nitrogens is 1. The maximum Gasteiger partial charge on any atom is 0.416 e. The van der Waals surface area contributed by atoms with Gasteiger partial charge in [-0.2, -0.15) is 13.2 Å². The van der Waals surface area contributed by atoms with E-state index in [1.807, 2.05) is 6.07 Å². The van der Waals surface area contributed by atoms with Gasteiger partial charge in [0.05, 0.1) is 25.6 Å². The zero-order valence-corrected chi connectivity index (χ0v) is 15.2. The number of nitrogens with zero attached hydrogens (tertiary/aromatic N) is 5. The quantitative estimate of drug-likeness (QED) is 0.640. The van der Waals surface area contributed by atoms with Crippen molar-refractivity contribution in [3.8, 4) is 11.3 Å². The van der Waals surface area contributed by atoms with E-state index in [4.69, 9.17) is 4.52 Å². The molecule has 4 saturated heterocycles. The van der Waals surface area contributed by atoms with Crippen LogP contribution in [0.2, 0.25) is 0 Å². The summed E-state index contributed by atoms with van der Waals surface area (Å²) in [6.45, 7) is 6.75. The van der Waals surface area contributed by atoms with Crippen LogP contribution in [-0.2, 0) is 12.7 Å². The van der Waals surface area contributed by atoms with Crippen LogP contribution in [0, 0.1) is 0 Å². The average molecular weight is 402 g/mol. The summed E-state index contributed by atoms with van der Waals surface area (Å²) in [5.74, 6) is 0.769. The molecule has 6 rings (SSSR count). The fourth-order valence-electron chi connectivity index (χ4n) is 4.49. The summed E-state index contributed by atoms with van der Waals surface area (Å²) in [5.41, 5.74) is 0.540. The van der Waals surface area contributed by atoms with E-state index in [0.717, 1.165) is 68.9 Å². The Labute approximate surface area is 160 Å². The molecule has 0 spiro atoms. The van der Waals surface area contributed by atoms with Crippen molar-refractivity contribution in [1.29, 1.82) is 0 Å². The van der Waals surface area contributed by atoms with Gasteiger partial charge in [-0.3, -0.25) is 4.48 Å². The van der Waals surface area contributed by atoms with Gasteiger partial charge >= 0.3 is 6.18 Å². The number of quaternary nitrogens is 1. The molecule has 4 fully saturated rings. The molecule has 0 amide bonds. The zero-order chi connectivity index (χ0) is 17.9. The van der Waals surface area contributed by atoms with E-state index in [9.17, 15) is 13.2 Å². The lowest BCUT2D eigenvalue weighted by molar-refractivity contribution is -0.992. The minimum Gasteiger partial charge on any atom is -1.00 e. The van der Waals surface area contributed by atoms with Gasteiger partial charge in [-0.25, -0.2) is 14.7 Å². The van der Waals surface area contributed by atoms with Gasteiger partial charge in [0.15, 0.2) is 5.76 Å². The van der Waals surface area contributed by atoms with Gasteiger partial charge in [0.1, 0.15) is 32.2 Å². The maximum absolute atomic E-state index is 12.7. The van der Waals surface area contributed by atoms with Crippen LogP contribution >= 0.6 is 0 Å². The molecule has 0 unspecified atom stereocenters. The maximum atomic E-state index is 12.7. The fourth-order valence-corrected chi connectivity index (χ4v) is 4.49. The highest BCUT2D eigenvalue weighted by Gasteiger charge is 2.48. The molecule has 1 aromatic heterocycles. The van der Waals surface area contributed by atoms with Crippen LogP contribution in [0.1, 0.15) is 11.3 Å². The highest BCUT2D eigenvalue weighted by atomic mass is 35.5. The Balaban J connectivity index is 0.00000180. The highest BCUT2D eigenvalue weighted by Crippen LogP contribution is 2.33. The summed E-state index contributed by atoms with van der Waals surface area (Å²) in [7, 11) is 0. The largest absolute Gasteiger partial charge is 1.00 e. The lowest BCUT2D eigenvalue weighted by Gasteiger charge is -2.60. The second-order valence-corrected chi connectivity index (χ2v) is 7.61. The fraction of sp³-hybridized carbons (Fsp3) is 0.471. The molecule has 0 saturated carbocycles. The van der Waals surface area contributed by atoms with E-state index in [2.05, 4.69) is 19.9 Å². The first-order chi connectivity index (χ1) is 12.4. The van der Waals surface area contributed by atoms with Crippen molar-refractivity contribution in [1.82, 2.24) is 19.9 Å². The summed E-state index contributed by atoms with van der Waals surface area (Å²) in [4.78, 5) is 7.26. The number of hydrogen-bond donors (Lipinski definition) is 0. The van der Waals surface area contributed by atoms with Crippen molar-refractivity contribution in [3.05, 3.63) is 41.7 Å². The molecule has 2 aromatic rings. The van der Waals surface area contributed by atoms with Crippen LogP contribution in [0.25, 0.3) is 11.3 Å². The first-order valence-corrected chi connectivity index (χ1v) is 8.54. The number of halogens is 4. The molecule has 1 aromatic carbocycles. The van der Waals surface area contributed by atoms with Crippen molar-refractivity contribution in [2.24, 2.45) is 0 Å². The Kier molecular flexibility index (Phi) is 4.47. The SMILES string of the molecule is FC(F)(F)c1ccc(-c2cc(C[N+]34CN5CN(CN(C5)C3)C4)on2)cc1.[Cl-].